The van der Waals surface area contributed by atoms with Crippen molar-refractivity contribution in [3.8, 4) is 0 Å². The van der Waals surface area contributed by atoms with Crippen LogP contribution in [-0.4, -0.2) is 18.5 Å². The van der Waals surface area contributed by atoms with Gasteiger partial charge in [0.15, 0.2) is 0 Å². The first-order valence-corrected chi connectivity index (χ1v) is 4.20. The fraction of sp³-hybridized carbons (Fsp3) is 0.0909. The molecule has 0 amide bonds. The molecule has 0 aliphatic carbocycles. The number of nitrogens with zero attached hydrogens (tertiary/aromatic N) is 1. The minimum atomic E-state index is 0.477. The molecule has 0 bridgehead atoms. The monoisotopic (exact) mass is 170 g/mol. The van der Waals surface area contributed by atoms with Crippen molar-refractivity contribution in [2.45, 2.75) is 0 Å². The molecular weight excluding hydrogens is 160 g/mol. The molecule has 2 rings (SSSR count). The van der Waals surface area contributed by atoms with E-state index in [2.05, 4.69) is 4.99 Å². The molecule has 0 saturated carbocycles. The SMILES string of the molecule is N=C1/C=c2/cccc/c2=C/C=NC1. The van der Waals surface area contributed by atoms with Gasteiger partial charge in [0, 0.05) is 6.21 Å². The minimum Gasteiger partial charge on any atom is -0.303 e. The van der Waals surface area contributed by atoms with Gasteiger partial charge in [0.05, 0.1) is 12.3 Å². The van der Waals surface area contributed by atoms with E-state index in [1.807, 2.05) is 36.4 Å². The van der Waals surface area contributed by atoms with Gasteiger partial charge >= 0.3 is 0 Å². The minimum absolute atomic E-state index is 0.477. The lowest BCUT2D eigenvalue weighted by Gasteiger charge is -1.95. The van der Waals surface area contributed by atoms with Gasteiger partial charge in [0.1, 0.15) is 0 Å². The van der Waals surface area contributed by atoms with Gasteiger partial charge in [-0.2, -0.15) is 0 Å². The first-order chi connectivity index (χ1) is 6.36. The first-order valence-electron chi connectivity index (χ1n) is 4.20. The van der Waals surface area contributed by atoms with Crippen LogP contribution in [0.1, 0.15) is 0 Å². The highest BCUT2D eigenvalue weighted by molar-refractivity contribution is 6.10. The van der Waals surface area contributed by atoms with Crippen molar-refractivity contribution >= 4 is 24.1 Å². The average molecular weight is 170 g/mol. The molecule has 1 aliphatic heterocycles. The summed E-state index contributed by atoms with van der Waals surface area (Å²) in [5, 5.41) is 9.79. The topological polar surface area (TPSA) is 36.2 Å². The van der Waals surface area contributed by atoms with E-state index in [0.717, 1.165) is 10.4 Å². The van der Waals surface area contributed by atoms with E-state index in [1.165, 1.54) is 0 Å². The third-order valence-corrected chi connectivity index (χ3v) is 1.95. The Morgan fingerprint density at radius 1 is 1.15 bits per heavy atom. The van der Waals surface area contributed by atoms with Crippen molar-refractivity contribution in [1.82, 2.24) is 0 Å². The molecule has 0 unspecified atom stereocenters. The van der Waals surface area contributed by atoms with Gasteiger partial charge < -0.3 is 5.41 Å². The van der Waals surface area contributed by atoms with Crippen LogP contribution in [0, 0.1) is 5.41 Å². The molecule has 1 N–H and O–H groups in total. The molecule has 1 aliphatic rings. The van der Waals surface area contributed by atoms with E-state index < -0.39 is 0 Å². The summed E-state index contributed by atoms with van der Waals surface area (Å²) < 4.78 is 0. The quantitative estimate of drug-likeness (QED) is 0.583. The van der Waals surface area contributed by atoms with E-state index in [-0.39, 0.29) is 0 Å². The number of benzene rings is 1. The summed E-state index contributed by atoms with van der Waals surface area (Å²) in [5.41, 5.74) is 0.553. The van der Waals surface area contributed by atoms with Crippen molar-refractivity contribution in [2.75, 3.05) is 6.54 Å². The Labute approximate surface area is 76.5 Å². The summed E-state index contributed by atoms with van der Waals surface area (Å²) in [5.74, 6) is 0. The first kappa shape index (κ1) is 7.92. The molecule has 0 fully saturated rings. The van der Waals surface area contributed by atoms with Crippen LogP contribution in [0.25, 0.3) is 12.2 Å². The Bertz CT molecular complexity index is 469. The molecule has 13 heavy (non-hydrogen) atoms. The van der Waals surface area contributed by atoms with Crippen LogP contribution in [0.3, 0.4) is 0 Å². The lowest BCUT2D eigenvalue weighted by Crippen LogP contribution is -2.26. The molecule has 1 heterocycles. The Hall–Kier alpha value is -1.70. The van der Waals surface area contributed by atoms with Crippen LogP contribution in [0.15, 0.2) is 29.3 Å². The van der Waals surface area contributed by atoms with Gasteiger partial charge in [0.25, 0.3) is 0 Å². The number of hydrogen-bond acceptors (Lipinski definition) is 2. The summed E-state index contributed by atoms with van der Waals surface area (Å²) in [4.78, 5) is 4.07. The third kappa shape index (κ3) is 1.72. The fourth-order valence-electron chi connectivity index (χ4n) is 1.31. The normalized spacial score (nSPS) is 20.2. The molecule has 2 nitrogen and oxygen atoms in total. The Morgan fingerprint density at radius 3 is 2.77 bits per heavy atom. The van der Waals surface area contributed by atoms with Crippen molar-refractivity contribution in [3.63, 3.8) is 0 Å². The molecular formula is C11H10N2. The largest absolute Gasteiger partial charge is 0.303 e. The van der Waals surface area contributed by atoms with Crippen LogP contribution in [0.4, 0.5) is 0 Å². The zero-order valence-electron chi connectivity index (χ0n) is 7.20. The Morgan fingerprint density at radius 2 is 1.92 bits per heavy atom. The second-order valence-electron chi connectivity index (χ2n) is 2.95. The standard InChI is InChI=1S/C11H10N2/c12-11-7-10-4-2-1-3-9(10)5-6-13-8-11/h1-7,12H,8H2/b9-5-,10-7-,12-11?,13-6?. The highest BCUT2D eigenvalue weighted by Crippen LogP contribution is 1.81. The summed E-state index contributed by atoms with van der Waals surface area (Å²) in [6, 6.07) is 8.01. The van der Waals surface area contributed by atoms with Gasteiger partial charge in [-0.1, -0.05) is 24.3 Å². The Kier molecular flexibility index (Phi) is 2.04. The van der Waals surface area contributed by atoms with E-state index in [9.17, 15) is 0 Å². The van der Waals surface area contributed by atoms with Crippen molar-refractivity contribution in [1.29, 1.82) is 5.41 Å². The number of fused-ring (bicyclic) bond motifs is 1. The second-order valence-corrected chi connectivity index (χ2v) is 2.95. The van der Waals surface area contributed by atoms with Crippen molar-refractivity contribution in [3.05, 3.63) is 34.7 Å². The molecule has 0 radical (unpaired) electrons. The lowest BCUT2D eigenvalue weighted by molar-refractivity contribution is 1.29. The van der Waals surface area contributed by atoms with Gasteiger partial charge in [-0.05, 0) is 22.6 Å². The van der Waals surface area contributed by atoms with E-state index in [4.69, 9.17) is 5.41 Å². The van der Waals surface area contributed by atoms with Crippen LogP contribution in [0.2, 0.25) is 0 Å². The maximum atomic E-state index is 7.57. The molecule has 1 aromatic carbocycles. The van der Waals surface area contributed by atoms with Gasteiger partial charge in [0.2, 0.25) is 0 Å². The summed E-state index contributed by atoms with van der Waals surface area (Å²) in [6.45, 7) is 0.477. The number of hydrogen-bond donors (Lipinski definition) is 1. The van der Waals surface area contributed by atoms with Crippen molar-refractivity contribution in [2.24, 2.45) is 4.99 Å². The number of rotatable bonds is 0. The van der Waals surface area contributed by atoms with Crippen LogP contribution in [0.5, 0.6) is 0 Å². The maximum absolute atomic E-state index is 7.57. The molecule has 0 saturated heterocycles. The van der Waals surface area contributed by atoms with Crippen LogP contribution in [-0.2, 0) is 0 Å². The highest BCUT2D eigenvalue weighted by Gasteiger charge is 1.92. The zero-order valence-corrected chi connectivity index (χ0v) is 7.20. The third-order valence-electron chi connectivity index (χ3n) is 1.95. The van der Waals surface area contributed by atoms with Crippen molar-refractivity contribution < 1.29 is 0 Å². The zero-order chi connectivity index (χ0) is 9.10. The van der Waals surface area contributed by atoms with Gasteiger partial charge in [-0.3, -0.25) is 4.99 Å². The van der Waals surface area contributed by atoms with Crippen LogP contribution < -0.4 is 10.4 Å². The lowest BCUT2D eigenvalue weighted by atomic mass is 10.2. The van der Waals surface area contributed by atoms with Crippen LogP contribution >= 0.6 is 0 Å². The average Bonchev–Trinajstić information content (AvgIpc) is 2.11. The number of nitrogens with one attached hydrogen (secondary N) is 1. The molecule has 64 valence electrons. The molecule has 2 heteroatoms. The summed E-state index contributed by atoms with van der Waals surface area (Å²) in [7, 11) is 0. The highest BCUT2D eigenvalue weighted by atomic mass is 14.7. The second kappa shape index (κ2) is 3.35. The van der Waals surface area contributed by atoms with Gasteiger partial charge in [-0.25, -0.2) is 0 Å². The predicted molar refractivity (Wildman–Crippen MR) is 55.7 cm³/mol. The Balaban J connectivity index is 2.77. The predicted octanol–water partition coefficient (Wildman–Crippen LogP) is 0.352. The number of aliphatic imine (C=N–C) groups is 1. The fourth-order valence-corrected chi connectivity index (χ4v) is 1.31. The van der Waals surface area contributed by atoms with Gasteiger partial charge in [-0.15, -0.1) is 0 Å². The molecule has 0 spiro atoms. The summed E-state index contributed by atoms with van der Waals surface area (Å²) in [6.07, 6.45) is 5.60. The van der Waals surface area contributed by atoms with E-state index in [1.54, 1.807) is 6.21 Å². The smallest absolute Gasteiger partial charge is 0.0804 e. The summed E-state index contributed by atoms with van der Waals surface area (Å²) >= 11 is 0. The molecule has 0 aromatic heterocycles. The molecule has 0 atom stereocenters. The van der Waals surface area contributed by atoms with E-state index in [0.29, 0.717) is 12.3 Å². The van der Waals surface area contributed by atoms with E-state index >= 15 is 0 Å². The molecule has 1 aromatic rings. The maximum Gasteiger partial charge on any atom is 0.0804 e.